The molecule has 0 spiro atoms. The van der Waals surface area contributed by atoms with Gasteiger partial charge in [0.2, 0.25) is 0 Å². The van der Waals surface area contributed by atoms with Gasteiger partial charge in [0, 0.05) is 12.8 Å². The van der Waals surface area contributed by atoms with Crippen molar-refractivity contribution >= 4 is 0 Å². The van der Waals surface area contributed by atoms with Crippen LogP contribution >= 0.6 is 0 Å². The third-order valence-electron chi connectivity index (χ3n) is 4.66. The molecule has 0 saturated carbocycles. The smallest absolute Gasteiger partial charge is 0.237 e. The molecule has 0 aromatic carbocycles. The predicted octanol–water partition coefficient (Wildman–Crippen LogP) is 2.71. The first-order valence-corrected chi connectivity index (χ1v) is 9.24. The number of hydrogen-bond donors (Lipinski definition) is 0. The average molecular weight is 319 g/mol. The number of nitrogens with zero attached hydrogens (tertiary/aromatic N) is 4. The molecule has 2 aromatic rings. The Balaban J connectivity index is 1.76. The van der Waals surface area contributed by atoms with Gasteiger partial charge in [-0.3, -0.25) is 0 Å². The molecule has 0 unspecified atom stereocenters. The standard InChI is InChI=1S/C19H34N4/c1-5-10-18-20(3)14-16-22(18)12-8-7-9-13-23-17-15-21(4)19(23)11-6-2/h14-17H,5-13H2,1-4H3/q+2. The fraction of sp³-hybridized carbons (Fsp3) is 0.684. The number of imidazole rings is 2. The first-order chi connectivity index (χ1) is 11.2. The summed E-state index contributed by atoms with van der Waals surface area (Å²) in [6, 6.07) is 0. The highest BCUT2D eigenvalue weighted by Gasteiger charge is 2.14. The van der Waals surface area contributed by atoms with E-state index in [0.717, 1.165) is 13.1 Å². The molecule has 128 valence electrons. The van der Waals surface area contributed by atoms with Crippen molar-refractivity contribution in [3.05, 3.63) is 36.4 Å². The van der Waals surface area contributed by atoms with Crippen LogP contribution in [0.1, 0.15) is 57.6 Å². The Morgan fingerprint density at radius 3 is 1.57 bits per heavy atom. The van der Waals surface area contributed by atoms with Crippen LogP contribution in [0.5, 0.6) is 0 Å². The molecule has 0 aliphatic rings. The van der Waals surface area contributed by atoms with Gasteiger partial charge in [0.1, 0.15) is 24.8 Å². The number of hydrogen-bond acceptors (Lipinski definition) is 0. The maximum Gasteiger partial charge on any atom is 0.256 e. The summed E-state index contributed by atoms with van der Waals surface area (Å²) in [6.07, 6.45) is 17.4. The van der Waals surface area contributed by atoms with Gasteiger partial charge in [0.25, 0.3) is 11.6 Å². The Morgan fingerprint density at radius 2 is 1.17 bits per heavy atom. The summed E-state index contributed by atoms with van der Waals surface area (Å²) in [7, 11) is 4.31. The lowest BCUT2D eigenvalue weighted by Crippen LogP contribution is -2.32. The van der Waals surface area contributed by atoms with Gasteiger partial charge in [0.15, 0.2) is 0 Å². The van der Waals surface area contributed by atoms with Gasteiger partial charge >= 0.3 is 0 Å². The number of unbranched alkanes of at least 4 members (excludes halogenated alkanes) is 2. The Bertz CT molecular complexity index is 542. The highest BCUT2D eigenvalue weighted by atomic mass is 15.1. The molecule has 2 rings (SSSR count). The van der Waals surface area contributed by atoms with Crippen molar-refractivity contribution in [3.63, 3.8) is 0 Å². The summed E-state index contributed by atoms with van der Waals surface area (Å²) in [6.45, 7) is 6.81. The van der Waals surface area contributed by atoms with E-state index in [1.54, 1.807) is 0 Å². The predicted molar refractivity (Wildman–Crippen MR) is 93.1 cm³/mol. The maximum atomic E-state index is 2.43. The molecule has 0 aliphatic heterocycles. The number of rotatable bonds is 10. The van der Waals surface area contributed by atoms with Crippen LogP contribution in [0.3, 0.4) is 0 Å². The number of aromatic nitrogens is 4. The van der Waals surface area contributed by atoms with E-state index in [1.807, 2.05) is 0 Å². The zero-order valence-corrected chi connectivity index (χ0v) is 15.5. The monoisotopic (exact) mass is 318 g/mol. The summed E-state index contributed by atoms with van der Waals surface area (Å²) < 4.78 is 9.39. The van der Waals surface area contributed by atoms with Gasteiger partial charge in [-0.2, -0.15) is 0 Å². The molecule has 0 amide bonds. The van der Waals surface area contributed by atoms with Crippen molar-refractivity contribution in [3.8, 4) is 0 Å². The topological polar surface area (TPSA) is 17.6 Å². The second-order valence-electron chi connectivity index (χ2n) is 6.60. The van der Waals surface area contributed by atoms with Crippen LogP contribution in [0.25, 0.3) is 0 Å². The highest BCUT2D eigenvalue weighted by molar-refractivity contribution is 4.84. The van der Waals surface area contributed by atoms with Gasteiger partial charge in [0.05, 0.1) is 27.2 Å². The Kier molecular flexibility index (Phi) is 6.87. The lowest BCUT2D eigenvalue weighted by Gasteiger charge is -2.04. The first kappa shape index (κ1) is 17.8. The van der Waals surface area contributed by atoms with Gasteiger partial charge < -0.3 is 0 Å². The molecule has 0 bridgehead atoms. The molecule has 23 heavy (non-hydrogen) atoms. The minimum absolute atomic E-state index is 1.15. The van der Waals surface area contributed by atoms with Crippen molar-refractivity contribution in [1.82, 2.24) is 9.13 Å². The van der Waals surface area contributed by atoms with E-state index in [2.05, 4.69) is 71.0 Å². The number of aryl methyl sites for hydroxylation is 4. The highest BCUT2D eigenvalue weighted by Crippen LogP contribution is 2.07. The Labute approximate surface area is 141 Å². The van der Waals surface area contributed by atoms with Crippen LogP contribution in [0, 0.1) is 0 Å². The fourth-order valence-corrected chi connectivity index (χ4v) is 3.35. The molecule has 0 aliphatic carbocycles. The maximum absolute atomic E-state index is 2.43. The molecular formula is C19H34N4+2. The second kappa shape index (κ2) is 8.90. The third-order valence-corrected chi connectivity index (χ3v) is 4.66. The van der Waals surface area contributed by atoms with E-state index >= 15 is 0 Å². The van der Waals surface area contributed by atoms with Crippen LogP contribution in [0.15, 0.2) is 24.8 Å². The third kappa shape index (κ3) is 4.69. The molecule has 0 saturated heterocycles. The molecule has 0 fully saturated rings. The second-order valence-corrected chi connectivity index (χ2v) is 6.60. The Morgan fingerprint density at radius 1 is 0.739 bits per heavy atom. The lowest BCUT2D eigenvalue weighted by atomic mass is 10.2. The molecule has 2 heterocycles. The molecular weight excluding hydrogens is 284 g/mol. The molecule has 2 aromatic heterocycles. The van der Waals surface area contributed by atoms with Gasteiger partial charge in [-0.05, 0) is 32.1 Å². The van der Waals surface area contributed by atoms with E-state index < -0.39 is 0 Å². The van der Waals surface area contributed by atoms with Crippen molar-refractivity contribution < 1.29 is 9.13 Å². The normalized spacial score (nSPS) is 11.3. The summed E-state index contributed by atoms with van der Waals surface area (Å²) in [5.74, 6) is 2.91. The minimum atomic E-state index is 1.15. The van der Waals surface area contributed by atoms with Crippen LogP contribution in [0.4, 0.5) is 0 Å². The zero-order chi connectivity index (χ0) is 16.7. The minimum Gasteiger partial charge on any atom is -0.237 e. The van der Waals surface area contributed by atoms with Crippen molar-refractivity contribution in [2.75, 3.05) is 0 Å². The van der Waals surface area contributed by atoms with E-state index in [4.69, 9.17) is 0 Å². The van der Waals surface area contributed by atoms with E-state index in [-0.39, 0.29) is 0 Å². The van der Waals surface area contributed by atoms with Crippen molar-refractivity contribution in [1.29, 1.82) is 0 Å². The molecule has 4 nitrogen and oxygen atoms in total. The molecule has 0 N–H and O–H groups in total. The zero-order valence-electron chi connectivity index (χ0n) is 15.5. The average Bonchev–Trinajstić information content (AvgIpc) is 3.06. The summed E-state index contributed by atoms with van der Waals surface area (Å²) in [4.78, 5) is 0. The van der Waals surface area contributed by atoms with Crippen LogP contribution in [-0.4, -0.2) is 9.13 Å². The van der Waals surface area contributed by atoms with Crippen molar-refractivity contribution in [2.45, 2.75) is 71.9 Å². The molecule has 0 atom stereocenters. The summed E-state index contributed by atoms with van der Waals surface area (Å²) in [5, 5.41) is 0. The van der Waals surface area contributed by atoms with Gasteiger partial charge in [-0.1, -0.05) is 13.8 Å². The fourth-order valence-electron chi connectivity index (χ4n) is 3.35. The van der Waals surface area contributed by atoms with Crippen LogP contribution in [-0.2, 0) is 40.0 Å². The SMILES string of the molecule is CCCc1n(CCCCCn2cc[n+](C)c2CCC)cc[n+]1C. The Hall–Kier alpha value is -1.58. The lowest BCUT2D eigenvalue weighted by molar-refractivity contribution is -0.679. The largest absolute Gasteiger partial charge is 0.256 e. The van der Waals surface area contributed by atoms with Gasteiger partial charge in [-0.15, -0.1) is 0 Å². The summed E-state index contributed by atoms with van der Waals surface area (Å²) >= 11 is 0. The van der Waals surface area contributed by atoms with Crippen molar-refractivity contribution in [2.24, 2.45) is 14.1 Å². The van der Waals surface area contributed by atoms with Crippen LogP contribution in [0.2, 0.25) is 0 Å². The van der Waals surface area contributed by atoms with Crippen LogP contribution < -0.4 is 9.13 Å². The van der Waals surface area contributed by atoms with Gasteiger partial charge in [-0.25, -0.2) is 18.3 Å². The summed E-state index contributed by atoms with van der Waals surface area (Å²) in [5.41, 5.74) is 0. The first-order valence-electron chi connectivity index (χ1n) is 9.24. The van der Waals surface area contributed by atoms with E-state index in [1.165, 1.54) is 56.6 Å². The van der Waals surface area contributed by atoms with E-state index in [0.29, 0.717) is 0 Å². The quantitative estimate of drug-likeness (QED) is 0.473. The van der Waals surface area contributed by atoms with E-state index in [9.17, 15) is 0 Å². The molecule has 4 heteroatoms. The molecule has 0 radical (unpaired) electrons.